The van der Waals surface area contributed by atoms with E-state index in [1.165, 1.54) is 173 Å². The van der Waals surface area contributed by atoms with Gasteiger partial charge in [-0.2, -0.15) is 0 Å². The van der Waals surface area contributed by atoms with Crippen LogP contribution in [0, 0.1) is 0 Å². The van der Waals surface area contributed by atoms with E-state index in [4.69, 9.17) is 24.3 Å². The minimum Gasteiger partial charge on any atom is -0.462 e. The molecule has 0 aromatic carbocycles. The summed E-state index contributed by atoms with van der Waals surface area (Å²) >= 11 is 0. The van der Waals surface area contributed by atoms with Crippen LogP contribution in [0.5, 0.6) is 0 Å². The van der Waals surface area contributed by atoms with Crippen LogP contribution in [0.25, 0.3) is 0 Å². The van der Waals surface area contributed by atoms with Crippen LogP contribution < -0.4 is 5.73 Å². The van der Waals surface area contributed by atoms with E-state index in [1.807, 2.05) is 0 Å². The highest BCUT2D eigenvalue weighted by Crippen LogP contribution is 2.43. The number of phosphoric acid groups is 1. The van der Waals surface area contributed by atoms with Crippen LogP contribution in [0.3, 0.4) is 0 Å². The van der Waals surface area contributed by atoms with Gasteiger partial charge in [-0.05, 0) is 128 Å². The maximum absolute atomic E-state index is 12.8. The normalized spacial score (nSPS) is 13.8. The molecule has 95 heavy (non-hydrogen) atoms. The first-order chi connectivity index (χ1) is 46.8. The zero-order chi connectivity index (χ0) is 68.6. The molecule has 0 amide bonds. The van der Waals surface area contributed by atoms with Crippen LogP contribution in [0.2, 0.25) is 0 Å². The Hall–Kier alpha value is -4.37. The maximum atomic E-state index is 12.8. The third-order valence-corrected chi connectivity index (χ3v) is 17.4. The molecule has 0 heterocycles. The van der Waals surface area contributed by atoms with Gasteiger partial charge in [0.05, 0.1) is 13.2 Å². The Labute approximate surface area is 585 Å². The number of hydrogen-bond acceptors (Lipinski definition) is 8. The van der Waals surface area contributed by atoms with Crippen molar-refractivity contribution in [2.45, 2.75) is 341 Å². The van der Waals surface area contributed by atoms with Gasteiger partial charge >= 0.3 is 19.8 Å². The number of nitrogens with two attached hydrogens (primary N) is 1. The lowest BCUT2D eigenvalue weighted by Crippen LogP contribution is -2.29. The van der Waals surface area contributed by atoms with Crippen LogP contribution in [-0.2, 0) is 32.7 Å². The molecule has 9 nitrogen and oxygen atoms in total. The van der Waals surface area contributed by atoms with Crippen LogP contribution in [0.15, 0.2) is 158 Å². The summed E-state index contributed by atoms with van der Waals surface area (Å²) in [5.74, 6) is -0.848. The molecule has 0 saturated carbocycles. The molecule has 0 rings (SSSR count). The van der Waals surface area contributed by atoms with E-state index in [9.17, 15) is 19.0 Å². The second kappa shape index (κ2) is 78.6. The number of carbonyl (C=O) groups excluding carboxylic acids is 2. The highest BCUT2D eigenvalue weighted by atomic mass is 31.2. The topological polar surface area (TPSA) is 134 Å². The third-order valence-electron chi connectivity index (χ3n) is 16.4. The molecule has 0 bridgehead atoms. The van der Waals surface area contributed by atoms with Crippen molar-refractivity contribution in [1.29, 1.82) is 0 Å². The second-order valence-electron chi connectivity index (χ2n) is 25.5. The van der Waals surface area contributed by atoms with Crippen molar-refractivity contribution in [2.24, 2.45) is 5.73 Å². The van der Waals surface area contributed by atoms with Gasteiger partial charge in [0.2, 0.25) is 0 Å². The Bertz CT molecular complexity index is 2120. The second-order valence-corrected chi connectivity index (χ2v) is 26.9. The molecule has 0 radical (unpaired) electrons. The molecule has 0 aliphatic heterocycles. The molecular weight excluding hydrogens is 1190 g/mol. The zero-order valence-corrected chi connectivity index (χ0v) is 62.0. The number of esters is 2. The molecule has 0 aliphatic carbocycles. The van der Waals surface area contributed by atoms with Gasteiger partial charge in [-0.15, -0.1) is 0 Å². The van der Waals surface area contributed by atoms with Crippen LogP contribution in [0.1, 0.15) is 335 Å². The maximum Gasteiger partial charge on any atom is 0.472 e. The average Bonchev–Trinajstić information content (AvgIpc) is 3.16. The average molecular weight is 1340 g/mol. The summed E-state index contributed by atoms with van der Waals surface area (Å²) in [6, 6.07) is 0. The molecule has 2 atom stereocenters. The van der Waals surface area contributed by atoms with E-state index >= 15 is 0 Å². The summed E-state index contributed by atoms with van der Waals surface area (Å²) in [6.45, 7) is 3.62. The van der Waals surface area contributed by atoms with Crippen molar-refractivity contribution in [3.05, 3.63) is 158 Å². The highest BCUT2D eigenvalue weighted by Gasteiger charge is 2.26. The SMILES string of the molecule is CC/C=C\C/C=C\C/C=C\C/C=C\C/C=C\C/C=C\C/C=C\C/C=C\C/C=C\C/C=C\C/C=C\CCCCCCCC(=O)OC(COC(=O)CCCCCCCCCCCCCCCCCCCCCCCCC/C=C\C/C=C\CCCCCCC)COP(=O)(O)OCCN. The molecular formula is C85H144NO8P. The van der Waals surface area contributed by atoms with E-state index in [2.05, 4.69) is 172 Å². The summed E-state index contributed by atoms with van der Waals surface area (Å²) in [4.78, 5) is 35.4. The van der Waals surface area contributed by atoms with Crippen LogP contribution in [-0.4, -0.2) is 49.3 Å². The summed E-state index contributed by atoms with van der Waals surface area (Å²) < 4.78 is 33.2. The van der Waals surface area contributed by atoms with E-state index in [0.29, 0.717) is 6.42 Å². The number of phosphoric ester groups is 1. The lowest BCUT2D eigenvalue weighted by atomic mass is 10.0. The fourth-order valence-corrected chi connectivity index (χ4v) is 11.4. The van der Waals surface area contributed by atoms with Crippen molar-refractivity contribution in [1.82, 2.24) is 0 Å². The van der Waals surface area contributed by atoms with Crippen LogP contribution >= 0.6 is 7.82 Å². The van der Waals surface area contributed by atoms with Gasteiger partial charge in [-0.3, -0.25) is 18.6 Å². The monoisotopic (exact) mass is 1340 g/mol. The van der Waals surface area contributed by atoms with Crippen molar-refractivity contribution < 1.29 is 37.6 Å². The summed E-state index contributed by atoms with van der Waals surface area (Å²) in [7, 11) is -4.41. The predicted octanol–water partition coefficient (Wildman–Crippen LogP) is 26.3. The number of carbonyl (C=O) groups is 2. The van der Waals surface area contributed by atoms with Crippen molar-refractivity contribution in [3.8, 4) is 0 Å². The number of allylic oxidation sites excluding steroid dienone is 26. The molecule has 542 valence electrons. The van der Waals surface area contributed by atoms with Gasteiger partial charge in [0.1, 0.15) is 6.61 Å². The fourth-order valence-electron chi connectivity index (χ4n) is 10.7. The molecule has 0 aliphatic rings. The van der Waals surface area contributed by atoms with E-state index in [0.717, 1.165) is 128 Å². The molecule has 0 fully saturated rings. The Balaban J connectivity index is 3.93. The number of ether oxygens (including phenoxy) is 2. The van der Waals surface area contributed by atoms with Crippen LogP contribution in [0.4, 0.5) is 0 Å². The van der Waals surface area contributed by atoms with E-state index in [1.54, 1.807) is 0 Å². The minimum absolute atomic E-state index is 0.0437. The lowest BCUT2D eigenvalue weighted by molar-refractivity contribution is -0.161. The smallest absolute Gasteiger partial charge is 0.462 e. The summed E-state index contributed by atoms with van der Waals surface area (Å²) in [5.41, 5.74) is 5.41. The molecule has 3 N–H and O–H groups in total. The number of rotatable bonds is 72. The highest BCUT2D eigenvalue weighted by molar-refractivity contribution is 7.47. The molecule has 0 saturated heterocycles. The Kier molecular flexibility index (Phi) is 75.0. The molecule has 0 aromatic heterocycles. The fraction of sp³-hybridized carbons (Fsp3) is 0.671. The Morgan fingerprint density at radius 3 is 0.863 bits per heavy atom. The third kappa shape index (κ3) is 78.5. The van der Waals surface area contributed by atoms with Gasteiger partial charge in [0.15, 0.2) is 6.10 Å². The quantitative estimate of drug-likeness (QED) is 0.0264. The van der Waals surface area contributed by atoms with Crippen molar-refractivity contribution in [2.75, 3.05) is 26.4 Å². The van der Waals surface area contributed by atoms with Crippen molar-refractivity contribution >= 4 is 19.8 Å². The Morgan fingerprint density at radius 2 is 0.579 bits per heavy atom. The lowest BCUT2D eigenvalue weighted by Gasteiger charge is -2.19. The minimum atomic E-state index is -4.41. The van der Waals surface area contributed by atoms with Gasteiger partial charge in [-0.25, -0.2) is 4.57 Å². The predicted molar refractivity (Wildman–Crippen MR) is 413 cm³/mol. The summed E-state index contributed by atoms with van der Waals surface area (Å²) in [5, 5.41) is 0. The van der Waals surface area contributed by atoms with Gasteiger partial charge in [0.25, 0.3) is 0 Å². The standard InChI is InChI=1S/C85H144NO8P/c1-3-5-7-9-11-13-15-17-19-21-23-25-27-29-31-33-35-37-39-40-41-42-44-46-48-50-52-54-56-58-60-62-64-66-68-70-72-74-76-78-85(88)94-83(82-93-95(89,90)92-80-79-86)81-91-84(87)77-75-73-71-69-67-65-63-61-59-57-55-53-51-49-47-45-43-38-36-34-32-30-28-26-24-22-20-18-16-14-12-10-8-6-4-2/h5,7,11,13,16-19,22-25,29,31,35,37,40-41,44,46,50,52,56,58,62,64,83H,3-4,6,8-10,12,14-15,20-21,26-28,30,32-34,36,38-39,42-43,45,47-49,51,53-55,57,59-61,63,65-82,86H2,1-2H3,(H,89,90)/b7-5-,13-11-,18-16-,19-17-,24-22-,25-23-,31-29-,37-35-,41-40-,46-44-,52-50-,58-56-,64-62-. The largest absolute Gasteiger partial charge is 0.472 e. The molecule has 10 heteroatoms. The summed E-state index contributed by atoms with van der Waals surface area (Å²) in [6.07, 6.45) is 115. The number of hydrogen-bond donors (Lipinski definition) is 2. The first kappa shape index (κ1) is 90.6. The first-order valence-electron chi connectivity index (χ1n) is 39.0. The number of unbranched alkanes of at least 4 members (excludes halogenated alkanes) is 33. The van der Waals surface area contributed by atoms with Gasteiger partial charge in [0, 0.05) is 19.4 Å². The van der Waals surface area contributed by atoms with Gasteiger partial charge < -0.3 is 20.1 Å². The molecule has 2 unspecified atom stereocenters. The van der Waals surface area contributed by atoms with E-state index in [-0.39, 0.29) is 38.6 Å². The Morgan fingerprint density at radius 1 is 0.326 bits per heavy atom. The first-order valence-corrected chi connectivity index (χ1v) is 40.5. The molecule has 0 spiro atoms. The van der Waals surface area contributed by atoms with E-state index < -0.39 is 26.5 Å². The zero-order valence-electron chi connectivity index (χ0n) is 61.1. The van der Waals surface area contributed by atoms with Crippen molar-refractivity contribution in [3.63, 3.8) is 0 Å². The molecule has 0 aromatic rings. The van der Waals surface area contributed by atoms with Gasteiger partial charge in [-0.1, -0.05) is 352 Å².